The predicted octanol–water partition coefficient (Wildman–Crippen LogP) is 3.18. The average Bonchev–Trinajstić information content (AvgIpc) is 2.41. The Morgan fingerprint density at radius 1 is 1.25 bits per heavy atom. The van der Waals surface area contributed by atoms with Crippen LogP contribution in [0.3, 0.4) is 0 Å². The van der Waals surface area contributed by atoms with Crippen LogP contribution in [0.1, 0.15) is 40.9 Å². The van der Waals surface area contributed by atoms with Crippen molar-refractivity contribution in [2.75, 3.05) is 14.2 Å². The van der Waals surface area contributed by atoms with Crippen molar-refractivity contribution in [1.82, 2.24) is 0 Å². The highest BCUT2D eigenvalue weighted by atomic mass is 16.5. The van der Waals surface area contributed by atoms with Crippen LogP contribution in [0.25, 0.3) is 0 Å². The molecule has 0 aliphatic rings. The number of aldehydes is 1. The van der Waals surface area contributed by atoms with Crippen LogP contribution in [0.5, 0.6) is 11.5 Å². The normalized spacial score (nSPS) is 10.2. The van der Waals surface area contributed by atoms with Crippen LogP contribution in [0.2, 0.25) is 0 Å². The van der Waals surface area contributed by atoms with Gasteiger partial charge in [0.2, 0.25) is 0 Å². The molecule has 0 aliphatic carbocycles. The average molecular weight is 278 g/mol. The lowest BCUT2D eigenvalue weighted by molar-refractivity contribution is 0.111. The second-order valence-corrected chi connectivity index (χ2v) is 4.91. The zero-order chi connectivity index (χ0) is 15.3. The van der Waals surface area contributed by atoms with Crippen molar-refractivity contribution in [3.63, 3.8) is 0 Å². The van der Waals surface area contributed by atoms with E-state index in [9.17, 15) is 9.90 Å². The number of benzene rings is 1. The van der Waals surface area contributed by atoms with Crippen LogP contribution < -0.4 is 4.74 Å². The Bertz CT molecular complexity index is 526. The maximum atomic E-state index is 11.3. The van der Waals surface area contributed by atoms with Crippen molar-refractivity contribution in [1.29, 1.82) is 0 Å². The van der Waals surface area contributed by atoms with Crippen LogP contribution in [0.4, 0.5) is 0 Å². The van der Waals surface area contributed by atoms with Crippen LogP contribution >= 0.6 is 0 Å². The number of ether oxygens (including phenoxy) is 2. The lowest BCUT2D eigenvalue weighted by Crippen LogP contribution is -2.05. The third-order valence-corrected chi connectivity index (χ3v) is 3.26. The molecule has 0 bridgehead atoms. The van der Waals surface area contributed by atoms with Gasteiger partial charge in [-0.15, -0.1) is 0 Å². The molecule has 0 atom stereocenters. The Balaban J connectivity index is 3.55. The Hall–Kier alpha value is -1.81. The molecule has 4 heteroatoms. The summed E-state index contributed by atoms with van der Waals surface area (Å²) in [7, 11) is 3.11. The first-order valence-electron chi connectivity index (χ1n) is 6.46. The van der Waals surface area contributed by atoms with Gasteiger partial charge in [-0.2, -0.15) is 0 Å². The molecule has 0 saturated heterocycles. The summed E-state index contributed by atoms with van der Waals surface area (Å²) in [6.07, 6.45) is 3.18. The highest BCUT2D eigenvalue weighted by molar-refractivity contribution is 5.84. The number of carbonyl (C=O) groups excluding carboxylic acids is 1. The van der Waals surface area contributed by atoms with Crippen LogP contribution in [-0.4, -0.2) is 25.6 Å². The summed E-state index contributed by atoms with van der Waals surface area (Å²) in [5, 5.41) is 10.3. The molecule has 20 heavy (non-hydrogen) atoms. The molecule has 1 N–H and O–H groups in total. The summed E-state index contributed by atoms with van der Waals surface area (Å²) < 4.78 is 10.5. The zero-order valence-corrected chi connectivity index (χ0v) is 12.7. The van der Waals surface area contributed by atoms with Gasteiger partial charge in [-0.3, -0.25) is 4.79 Å². The second kappa shape index (κ2) is 7.10. The van der Waals surface area contributed by atoms with Gasteiger partial charge in [0.05, 0.1) is 19.3 Å². The molecule has 1 rings (SSSR count). The monoisotopic (exact) mass is 278 g/mol. The molecule has 0 amide bonds. The Morgan fingerprint density at radius 2 is 1.90 bits per heavy atom. The van der Waals surface area contributed by atoms with E-state index >= 15 is 0 Å². The molecule has 0 radical (unpaired) electrons. The van der Waals surface area contributed by atoms with Gasteiger partial charge in [0.15, 0.2) is 6.29 Å². The maximum absolute atomic E-state index is 11.3. The predicted molar refractivity (Wildman–Crippen MR) is 78.6 cm³/mol. The van der Waals surface area contributed by atoms with Crippen molar-refractivity contribution >= 4 is 6.29 Å². The first-order valence-corrected chi connectivity index (χ1v) is 6.46. The highest BCUT2D eigenvalue weighted by Gasteiger charge is 2.21. The van der Waals surface area contributed by atoms with E-state index < -0.39 is 0 Å². The number of aromatic hydroxyl groups is 1. The van der Waals surface area contributed by atoms with Crippen molar-refractivity contribution < 1.29 is 19.4 Å². The smallest absolute Gasteiger partial charge is 0.154 e. The van der Waals surface area contributed by atoms with Gasteiger partial charge in [-0.1, -0.05) is 11.6 Å². The largest absolute Gasteiger partial charge is 0.507 e. The van der Waals surface area contributed by atoms with Crippen LogP contribution in [-0.2, 0) is 17.8 Å². The second-order valence-electron chi connectivity index (χ2n) is 4.91. The summed E-state index contributed by atoms with van der Waals surface area (Å²) >= 11 is 0. The summed E-state index contributed by atoms with van der Waals surface area (Å²) in [6, 6.07) is 0. The molecule has 1 aromatic rings. The van der Waals surface area contributed by atoms with Crippen LogP contribution in [0, 0.1) is 6.92 Å². The highest BCUT2D eigenvalue weighted by Crippen LogP contribution is 2.38. The van der Waals surface area contributed by atoms with E-state index in [0.29, 0.717) is 29.6 Å². The minimum atomic E-state index is -0.0213. The molecule has 0 saturated carbocycles. The van der Waals surface area contributed by atoms with Gasteiger partial charge >= 0.3 is 0 Å². The molecule has 0 unspecified atom stereocenters. The summed E-state index contributed by atoms with van der Waals surface area (Å²) in [4.78, 5) is 11.3. The molecule has 0 fully saturated rings. The van der Waals surface area contributed by atoms with E-state index in [4.69, 9.17) is 9.47 Å². The van der Waals surface area contributed by atoms with Gasteiger partial charge in [0.1, 0.15) is 11.5 Å². The Morgan fingerprint density at radius 3 is 2.35 bits per heavy atom. The number of hydrogen-bond donors (Lipinski definition) is 1. The maximum Gasteiger partial charge on any atom is 0.154 e. The fourth-order valence-electron chi connectivity index (χ4n) is 2.21. The van der Waals surface area contributed by atoms with E-state index in [1.807, 2.05) is 26.8 Å². The molecule has 0 spiro atoms. The SMILES string of the molecule is COCc1c(C)c(OC)c(CC=C(C)C)c(O)c1C=O. The fraction of sp³-hybridized carbons (Fsp3) is 0.438. The first-order chi connectivity index (χ1) is 9.47. The van der Waals surface area contributed by atoms with E-state index in [1.54, 1.807) is 14.2 Å². The number of phenolic OH excluding ortho intramolecular Hbond substituents is 1. The Labute approximate surface area is 120 Å². The van der Waals surface area contributed by atoms with E-state index in [1.165, 1.54) is 0 Å². The number of hydrogen-bond acceptors (Lipinski definition) is 4. The van der Waals surface area contributed by atoms with Crippen molar-refractivity contribution in [2.24, 2.45) is 0 Å². The lowest BCUT2D eigenvalue weighted by Gasteiger charge is -2.18. The first kappa shape index (κ1) is 16.2. The minimum Gasteiger partial charge on any atom is -0.507 e. The summed E-state index contributed by atoms with van der Waals surface area (Å²) in [5.74, 6) is 0.588. The zero-order valence-electron chi connectivity index (χ0n) is 12.7. The van der Waals surface area contributed by atoms with E-state index in [-0.39, 0.29) is 17.9 Å². The number of carbonyl (C=O) groups is 1. The molecule has 0 aliphatic heterocycles. The molecular formula is C16H22O4. The van der Waals surface area contributed by atoms with Gasteiger partial charge in [0, 0.05) is 12.7 Å². The van der Waals surface area contributed by atoms with Crippen molar-refractivity contribution in [2.45, 2.75) is 33.8 Å². The van der Waals surface area contributed by atoms with E-state index in [0.717, 1.165) is 11.1 Å². The number of methoxy groups -OCH3 is 2. The standard InChI is InChI=1S/C16H22O4/c1-10(2)6-7-12-15(18)13(8-17)14(9-19-4)11(3)16(12)20-5/h6,8,18H,7,9H2,1-5H3. The minimum absolute atomic E-state index is 0.0213. The summed E-state index contributed by atoms with van der Waals surface area (Å²) in [5.41, 5.74) is 3.54. The quantitative estimate of drug-likeness (QED) is 0.641. The summed E-state index contributed by atoms with van der Waals surface area (Å²) in [6.45, 7) is 6.09. The topological polar surface area (TPSA) is 55.8 Å². The van der Waals surface area contributed by atoms with Crippen molar-refractivity contribution in [3.8, 4) is 11.5 Å². The fourth-order valence-corrected chi connectivity index (χ4v) is 2.21. The van der Waals surface area contributed by atoms with E-state index in [2.05, 4.69) is 0 Å². The van der Waals surface area contributed by atoms with Crippen LogP contribution in [0.15, 0.2) is 11.6 Å². The third kappa shape index (κ3) is 3.20. The van der Waals surface area contributed by atoms with Gasteiger partial charge in [-0.25, -0.2) is 0 Å². The molecule has 0 heterocycles. The number of allylic oxidation sites excluding steroid dienone is 2. The molecule has 0 aromatic heterocycles. The molecule has 110 valence electrons. The number of phenols is 1. The molecular weight excluding hydrogens is 256 g/mol. The van der Waals surface area contributed by atoms with Crippen molar-refractivity contribution in [3.05, 3.63) is 33.9 Å². The Kier molecular flexibility index (Phi) is 5.77. The van der Waals surface area contributed by atoms with Gasteiger partial charge < -0.3 is 14.6 Å². The van der Waals surface area contributed by atoms with Gasteiger partial charge in [-0.05, 0) is 38.3 Å². The number of rotatable bonds is 6. The molecule has 4 nitrogen and oxygen atoms in total. The third-order valence-electron chi connectivity index (χ3n) is 3.26. The molecule has 1 aromatic carbocycles. The lowest BCUT2D eigenvalue weighted by atomic mass is 9.94. The van der Waals surface area contributed by atoms with Gasteiger partial charge in [0.25, 0.3) is 0 Å².